The summed E-state index contributed by atoms with van der Waals surface area (Å²) in [4.78, 5) is 0. The highest BCUT2D eigenvalue weighted by atomic mass is 16.5. The average molecular weight is 723 g/mol. The summed E-state index contributed by atoms with van der Waals surface area (Å²) in [5.74, 6) is 1.63. The van der Waals surface area contributed by atoms with E-state index in [2.05, 4.69) is 132 Å². The van der Waals surface area contributed by atoms with E-state index in [1.54, 1.807) is 14.2 Å². The lowest BCUT2D eigenvalue weighted by molar-refractivity contribution is 0.397. The molecule has 0 bridgehead atoms. The Kier molecular flexibility index (Phi) is 9.62. The third-order valence-electron chi connectivity index (χ3n) is 10.8. The summed E-state index contributed by atoms with van der Waals surface area (Å²) < 4.78 is 12.5. The lowest BCUT2D eigenvalue weighted by Crippen LogP contribution is -2.18. The minimum absolute atomic E-state index is 0.0845. The van der Waals surface area contributed by atoms with E-state index in [1.807, 2.05) is 36.4 Å². The van der Waals surface area contributed by atoms with Gasteiger partial charge in [0, 0.05) is 44.5 Å². The summed E-state index contributed by atoms with van der Waals surface area (Å²) in [5, 5.41) is 29.3. The first-order valence-corrected chi connectivity index (χ1v) is 19.0. The monoisotopic (exact) mass is 722 g/mol. The molecule has 0 radical (unpaired) electrons. The molecule has 282 valence electrons. The number of phenols is 2. The van der Waals surface area contributed by atoms with Crippen LogP contribution in [0.3, 0.4) is 0 Å². The van der Waals surface area contributed by atoms with Crippen molar-refractivity contribution in [3.8, 4) is 56.4 Å². The SMILES string of the molecule is COc1c(-c2cc3ccccc3c(-c3c(O)c(-c4cc(C(C)(C)C)cc(C(C)(C)C)c4OC)cc4ccccc34)c2O)cc(C(C)(C)C)cc1C(C)(C)C. The van der Waals surface area contributed by atoms with Gasteiger partial charge in [0.05, 0.1) is 14.2 Å². The Bertz CT molecular complexity index is 2230. The topological polar surface area (TPSA) is 58.9 Å². The molecule has 0 aromatic heterocycles. The molecule has 4 nitrogen and oxygen atoms in total. The number of hydrogen-bond donors (Lipinski definition) is 2. The van der Waals surface area contributed by atoms with E-state index in [1.165, 1.54) is 0 Å². The highest BCUT2D eigenvalue weighted by molar-refractivity contribution is 6.14. The summed E-state index contributed by atoms with van der Waals surface area (Å²) in [5.41, 5.74) is 7.71. The van der Waals surface area contributed by atoms with Gasteiger partial charge in [-0.15, -0.1) is 0 Å². The molecule has 6 aromatic rings. The zero-order valence-corrected chi connectivity index (χ0v) is 34.8. The zero-order chi connectivity index (χ0) is 39.7. The molecular weight excluding hydrogens is 665 g/mol. The molecule has 0 heterocycles. The van der Waals surface area contributed by atoms with Gasteiger partial charge in [-0.1, -0.05) is 144 Å². The van der Waals surface area contributed by atoms with Crippen molar-refractivity contribution in [3.63, 3.8) is 0 Å². The van der Waals surface area contributed by atoms with E-state index >= 15 is 0 Å². The molecule has 4 heteroatoms. The lowest BCUT2D eigenvalue weighted by atomic mass is 9.77. The van der Waals surface area contributed by atoms with Crippen molar-refractivity contribution in [2.24, 2.45) is 0 Å². The lowest BCUT2D eigenvalue weighted by Gasteiger charge is -2.30. The summed E-state index contributed by atoms with van der Waals surface area (Å²) >= 11 is 0. The van der Waals surface area contributed by atoms with Crippen LogP contribution < -0.4 is 9.47 Å². The largest absolute Gasteiger partial charge is 0.507 e. The number of rotatable bonds is 5. The van der Waals surface area contributed by atoms with Crippen LogP contribution in [-0.2, 0) is 21.7 Å². The number of benzene rings is 6. The minimum Gasteiger partial charge on any atom is -0.507 e. The van der Waals surface area contributed by atoms with Crippen molar-refractivity contribution in [1.82, 2.24) is 0 Å². The first-order valence-electron chi connectivity index (χ1n) is 19.0. The van der Waals surface area contributed by atoms with Gasteiger partial charge < -0.3 is 19.7 Å². The maximum absolute atomic E-state index is 12.9. The standard InChI is InChI=1S/C50H58O4/c1-47(2,3)31-25-37(45(53-13)39(27-31)49(7,8)9)35-23-29-19-15-17-21-33(29)41(43(35)51)42-34-22-18-16-20-30(34)24-36(44(42)52)38-26-32(48(4,5)6)28-40(46(38)54-14)50(10,11)12/h15-28,51-52H,1-14H3. The molecule has 6 rings (SSSR count). The summed E-state index contributed by atoms with van der Waals surface area (Å²) in [6.45, 7) is 26.4. The fourth-order valence-corrected chi connectivity index (χ4v) is 7.67. The molecule has 0 saturated carbocycles. The number of methoxy groups -OCH3 is 2. The number of aromatic hydroxyl groups is 2. The third-order valence-corrected chi connectivity index (χ3v) is 10.8. The van der Waals surface area contributed by atoms with E-state index in [4.69, 9.17) is 9.47 Å². The highest BCUT2D eigenvalue weighted by Gasteiger charge is 2.31. The Morgan fingerprint density at radius 1 is 0.407 bits per heavy atom. The maximum atomic E-state index is 12.9. The smallest absolute Gasteiger partial charge is 0.132 e. The van der Waals surface area contributed by atoms with Gasteiger partial charge in [-0.05, 0) is 78.6 Å². The van der Waals surface area contributed by atoms with Crippen molar-refractivity contribution >= 4 is 21.5 Å². The normalized spacial score (nSPS) is 12.8. The van der Waals surface area contributed by atoms with Gasteiger partial charge in [0.15, 0.2) is 0 Å². The van der Waals surface area contributed by atoms with Crippen LogP contribution in [0.25, 0.3) is 54.9 Å². The molecule has 0 unspecified atom stereocenters. The minimum atomic E-state index is -0.230. The number of phenolic OH excluding ortho intramolecular Hbond substituents is 2. The third kappa shape index (κ3) is 6.81. The van der Waals surface area contributed by atoms with E-state index in [0.717, 1.165) is 66.4 Å². The second kappa shape index (κ2) is 13.4. The average Bonchev–Trinajstić information content (AvgIpc) is 3.09. The van der Waals surface area contributed by atoms with Gasteiger partial charge in [0.2, 0.25) is 0 Å². The van der Waals surface area contributed by atoms with E-state index in [9.17, 15) is 10.2 Å². The van der Waals surface area contributed by atoms with Gasteiger partial charge in [0.1, 0.15) is 23.0 Å². The van der Waals surface area contributed by atoms with Crippen LogP contribution in [0.4, 0.5) is 0 Å². The van der Waals surface area contributed by atoms with Crippen molar-refractivity contribution < 1.29 is 19.7 Å². The van der Waals surface area contributed by atoms with Crippen molar-refractivity contribution in [1.29, 1.82) is 0 Å². The first-order chi connectivity index (χ1) is 25.1. The van der Waals surface area contributed by atoms with Crippen LogP contribution in [0.1, 0.15) is 105 Å². The zero-order valence-electron chi connectivity index (χ0n) is 34.8. The van der Waals surface area contributed by atoms with Gasteiger partial charge >= 0.3 is 0 Å². The van der Waals surface area contributed by atoms with Gasteiger partial charge in [-0.3, -0.25) is 0 Å². The number of fused-ring (bicyclic) bond motifs is 2. The molecular formula is C50H58O4. The van der Waals surface area contributed by atoms with E-state index < -0.39 is 0 Å². The summed E-state index contributed by atoms with van der Waals surface area (Å²) in [7, 11) is 3.41. The summed E-state index contributed by atoms with van der Waals surface area (Å²) in [6, 6.07) is 29.1. The van der Waals surface area contributed by atoms with Gasteiger partial charge in [-0.2, -0.15) is 0 Å². The Balaban J connectivity index is 1.81. The fraction of sp³-hybridized carbons (Fsp3) is 0.360. The molecule has 2 N–H and O–H groups in total. The van der Waals surface area contributed by atoms with Crippen LogP contribution in [-0.4, -0.2) is 24.4 Å². The fourth-order valence-electron chi connectivity index (χ4n) is 7.67. The highest BCUT2D eigenvalue weighted by Crippen LogP contribution is 2.55. The maximum Gasteiger partial charge on any atom is 0.132 e. The molecule has 0 saturated heterocycles. The first kappa shape index (κ1) is 38.8. The van der Waals surface area contributed by atoms with E-state index in [0.29, 0.717) is 22.3 Å². The van der Waals surface area contributed by atoms with Crippen LogP contribution in [0.5, 0.6) is 23.0 Å². The summed E-state index contributed by atoms with van der Waals surface area (Å²) in [6.07, 6.45) is 0. The second-order valence-electron chi connectivity index (χ2n) is 18.9. The molecule has 0 amide bonds. The second-order valence-corrected chi connectivity index (χ2v) is 18.9. The van der Waals surface area contributed by atoms with Gasteiger partial charge in [0.25, 0.3) is 0 Å². The molecule has 0 spiro atoms. The Morgan fingerprint density at radius 2 is 0.741 bits per heavy atom. The number of hydrogen-bond acceptors (Lipinski definition) is 4. The Hall–Kier alpha value is -4.96. The van der Waals surface area contributed by atoms with Crippen LogP contribution >= 0.6 is 0 Å². The Labute approximate surface area is 322 Å². The molecule has 6 aromatic carbocycles. The van der Waals surface area contributed by atoms with Crippen LogP contribution in [0, 0.1) is 0 Å². The van der Waals surface area contributed by atoms with Crippen molar-refractivity contribution in [2.75, 3.05) is 14.2 Å². The van der Waals surface area contributed by atoms with Crippen LogP contribution in [0.15, 0.2) is 84.9 Å². The van der Waals surface area contributed by atoms with E-state index in [-0.39, 0.29) is 33.2 Å². The molecule has 0 aliphatic rings. The molecule has 0 aliphatic heterocycles. The molecule has 0 fully saturated rings. The molecule has 0 aliphatic carbocycles. The van der Waals surface area contributed by atoms with Crippen LogP contribution in [0.2, 0.25) is 0 Å². The molecule has 54 heavy (non-hydrogen) atoms. The van der Waals surface area contributed by atoms with Gasteiger partial charge in [-0.25, -0.2) is 0 Å². The molecule has 0 atom stereocenters. The predicted octanol–water partition coefficient (Wildman–Crippen LogP) is 13.6. The number of ether oxygens (including phenoxy) is 2. The van der Waals surface area contributed by atoms with Crippen molar-refractivity contribution in [3.05, 3.63) is 107 Å². The van der Waals surface area contributed by atoms with Crippen molar-refractivity contribution in [2.45, 2.75) is 105 Å². The Morgan fingerprint density at radius 3 is 1.04 bits per heavy atom. The predicted molar refractivity (Wildman–Crippen MR) is 229 cm³/mol. The quantitative estimate of drug-likeness (QED) is 0.186.